The van der Waals surface area contributed by atoms with Crippen molar-refractivity contribution in [3.8, 4) is 17.6 Å². The molecule has 0 saturated heterocycles. The number of carbonyl (C=O) groups excluding carboxylic acids is 1. The van der Waals surface area contributed by atoms with Gasteiger partial charge in [-0.25, -0.2) is 4.39 Å². The predicted molar refractivity (Wildman–Crippen MR) is 113 cm³/mol. The number of benzene rings is 3. The van der Waals surface area contributed by atoms with E-state index >= 15 is 0 Å². The number of aromatic hydroxyl groups is 1. The van der Waals surface area contributed by atoms with Gasteiger partial charge in [0.2, 0.25) is 0 Å². The van der Waals surface area contributed by atoms with Crippen molar-refractivity contribution in [3.05, 3.63) is 94.8 Å². The van der Waals surface area contributed by atoms with Crippen LogP contribution in [0.2, 0.25) is 0 Å². The molecule has 3 aromatic rings. The molecule has 0 aliphatic rings. The number of nitrogens with one attached hydrogen (secondary N) is 1. The molecule has 1 amide bonds. The molecular formula is C24H19FN2O3. The van der Waals surface area contributed by atoms with Gasteiger partial charge in [0.05, 0.1) is 7.11 Å². The van der Waals surface area contributed by atoms with Crippen LogP contribution in [0.1, 0.15) is 16.7 Å². The number of methoxy groups -OCH3 is 1. The Labute approximate surface area is 173 Å². The third-order valence-corrected chi connectivity index (χ3v) is 4.45. The number of hydrogen-bond acceptors (Lipinski definition) is 4. The van der Waals surface area contributed by atoms with E-state index in [9.17, 15) is 19.6 Å². The molecule has 3 aromatic carbocycles. The van der Waals surface area contributed by atoms with Crippen LogP contribution in [0, 0.1) is 17.1 Å². The number of nitrogens with zero attached hydrogens (tertiary/aromatic N) is 1. The van der Waals surface area contributed by atoms with Gasteiger partial charge in [0.25, 0.3) is 5.91 Å². The highest BCUT2D eigenvalue weighted by Gasteiger charge is 2.12. The minimum absolute atomic E-state index is 0.0756. The van der Waals surface area contributed by atoms with Gasteiger partial charge in [-0.2, -0.15) is 5.26 Å². The Balaban J connectivity index is 1.82. The SMILES string of the molecule is COc1cc(/C=C(\C#N)C(=O)Nc2ccc(O)cc2)ccc1Cc1ccccc1F. The van der Waals surface area contributed by atoms with Crippen molar-refractivity contribution in [3.63, 3.8) is 0 Å². The van der Waals surface area contributed by atoms with Crippen molar-refractivity contribution in [2.75, 3.05) is 12.4 Å². The van der Waals surface area contributed by atoms with Crippen LogP contribution in [0.5, 0.6) is 11.5 Å². The number of phenols is 1. The average Bonchev–Trinajstić information content (AvgIpc) is 2.76. The molecule has 0 heterocycles. The molecule has 0 fully saturated rings. The van der Waals surface area contributed by atoms with E-state index in [4.69, 9.17) is 4.74 Å². The van der Waals surface area contributed by atoms with Gasteiger partial charge >= 0.3 is 0 Å². The molecule has 2 N–H and O–H groups in total. The van der Waals surface area contributed by atoms with E-state index in [0.717, 1.165) is 5.56 Å². The molecule has 0 unspecified atom stereocenters. The second kappa shape index (κ2) is 9.39. The molecule has 3 rings (SSSR count). The van der Waals surface area contributed by atoms with E-state index in [1.807, 2.05) is 6.07 Å². The minimum Gasteiger partial charge on any atom is -0.508 e. The second-order valence-corrected chi connectivity index (χ2v) is 6.51. The van der Waals surface area contributed by atoms with Crippen molar-refractivity contribution in [1.82, 2.24) is 0 Å². The molecule has 0 aromatic heterocycles. The van der Waals surface area contributed by atoms with Crippen LogP contribution in [-0.4, -0.2) is 18.1 Å². The van der Waals surface area contributed by atoms with Gasteiger partial charge < -0.3 is 15.2 Å². The molecule has 0 aliphatic heterocycles. The Morgan fingerprint density at radius 2 is 1.87 bits per heavy atom. The highest BCUT2D eigenvalue weighted by atomic mass is 19.1. The first-order valence-corrected chi connectivity index (χ1v) is 9.12. The molecule has 0 atom stereocenters. The zero-order chi connectivity index (χ0) is 21.5. The summed E-state index contributed by atoms with van der Waals surface area (Å²) in [5.41, 5.74) is 2.29. The fourth-order valence-electron chi connectivity index (χ4n) is 2.90. The fourth-order valence-corrected chi connectivity index (χ4v) is 2.90. The second-order valence-electron chi connectivity index (χ2n) is 6.51. The summed E-state index contributed by atoms with van der Waals surface area (Å²) >= 11 is 0. The number of ether oxygens (including phenoxy) is 1. The first kappa shape index (κ1) is 20.6. The van der Waals surface area contributed by atoms with Crippen LogP contribution >= 0.6 is 0 Å². The summed E-state index contributed by atoms with van der Waals surface area (Å²) in [6, 6.07) is 19.6. The number of anilines is 1. The summed E-state index contributed by atoms with van der Waals surface area (Å²) in [4.78, 5) is 12.4. The molecular weight excluding hydrogens is 383 g/mol. The fraction of sp³-hybridized carbons (Fsp3) is 0.0833. The van der Waals surface area contributed by atoms with Crippen molar-refractivity contribution < 1.29 is 19.0 Å². The standard InChI is InChI=1S/C24H19FN2O3/c1-30-23-13-16(6-7-18(23)14-17-4-2-3-5-22(17)25)12-19(15-26)24(29)27-20-8-10-21(28)11-9-20/h2-13,28H,14H2,1H3,(H,27,29)/b19-12+. The Bertz CT molecular complexity index is 1130. The smallest absolute Gasteiger partial charge is 0.266 e. The summed E-state index contributed by atoms with van der Waals surface area (Å²) in [7, 11) is 1.51. The van der Waals surface area contributed by atoms with E-state index in [-0.39, 0.29) is 17.1 Å². The monoisotopic (exact) mass is 402 g/mol. The largest absolute Gasteiger partial charge is 0.508 e. The van der Waals surface area contributed by atoms with Crippen LogP contribution < -0.4 is 10.1 Å². The van der Waals surface area contributed by atoms with Crippen molar-refractivity contribution in [2.45, 2.75) is 6.42 Å². The Morgan fingerprint density at radius 3 is 2.53 bits per heavy atom. The van der Waals surface area contributed by atoms with Gasteiger partial charge in [0, 0.05) is 12.1 Å². The molecule has 0 spiro atoms. The van der Waals surface area contributed by atoms with Crippen molar-refractivity contribution in [2.24, 2.45) is 0 Å². The lowest BCUT2D eigenvalue weighted by Gasteiger charge is -2.11. The Kier molecular flexibility index (Phi) is 6.46. The highest BCUT2D eigenvalue weighted by molar-refractivity contribution is 6.09. The number of phenolic OH excluding ortho intramolecular Hbond substituents is 1. The van der Waals surface area contributed by atoms with Crippen LogP contribution in [0.15, 0.2) is 72.3 Å². The van der Waals surface area contributed by atoms with E-state index in [1.165, 1.54) is 43.5 Å². The third-order valence-electron chi connectivity index (χ3n) is 4.45. The molecule has 0 radical (unpaired) electrons. The number of amides is 1. The molecule has 0 saturated carbocycles. The van der Waals surface area contributed by atoms with Gasteiger partial charge in [-0.3, -0.25) is 4.79 Å². The molecule has 0 aliphatic carbocycles. The summed E-state index contributed by atoms with van der Waals surface area (Å²) < 4.78 is 19.4. The zero-order valence-corrected chi connectivity index (χ0v) is 16.2. The lowest BCUT2D eigenvalue weighted by molar-refractivity contribution is -0.112. The van der Waals surface area contributed by atoms with Gasteiger partial charge in [0.15, 0.2) is 0 Å². The van der Waals surface area contributed by atoms with E-state index < -0.39 is 5.91 Å². The number of hydrogen-bond donors (Lipinski definition) is 2. The van der Waals surface area contributed by atoms with E-state index in [1.54, 1.807) is 36.4 Å². The number of nitriles is 1. The van der Waals surface area contributed by atoms with Crippen LogP contribution in [0.25, 0.3) is 6.08 Å². The maximum absolute atomic E-state index is 14.0. The molecule has 0 bridgehead atoms. The average molecular weight is 402 g/mol. The van der Waals surface area contributed by atoms with Crippen LogP contribution in [0.4, 0.5) is 10.1 Å². The first-order chi connectivity index (χ1) is 14.5. The Morgan fingerprint density at radius 1 is 1.13 bits per heavy atom. The summed E-state index contributed by atoms with van der Waals surface area (Å²) in [6.45, 7) is 0. The number of carbonyl (C=O) groups is 1. The number of halogens is 1. The van der Waals surface area contributed by atoms with Gasteiger partial charge in [-0.05, 0) is 59.2 Å². The normalized spacial score (nSPS) is 10.9. The van der Waals surface area contributed by atoms with Gasteiger partial charge in [0.1, 0.15) is 29.0 Å². The van der Waals surface area contributed by atoms with Crippen LogP contribution in [0.3, 0.4) is 0 Å². The van der Waals surface area contributed by atoms with E-state index in [0.29, 0.717) is 29.0 Å². The summed E-state index contributed by atoms with van der Waals surface area (Å²) in [5.74, 6) is -0.256. The molecule has 6 heteroatoms. The number of rotatable bonds is 6. The minimum atomic E-state index is -0.572. The topological polar surface area (TPSA) is 82.3 Å². The molecule has 150 valence electrons. The van der Waals surface area contributed by atoms with E-state index in [2.05, 4.69) is 5.32 Å². The lowest BCUT2D eigenvalue weighted by atomic mass is 10.0. The lowest BCUT2D eigenvalue weighted by Crippen LogP contribution is -2.13. The maximum Gasteiger partial charge on any atom is 0.266 e. The Hall–Kier alpha value is -4.11. The summed E-state index contributed by atoms with van der Waals surface area (Å²) in [5, 5.41) is 21.3. The summed E-state index contributed by atoms with van der Waals surface area (Å²) in [6.07, 6.45) is 1.80. The van der Waals surface area contributed by atoms with Gasteiger partial charge in [-0.1, -0.05) is 30.3 Å². The first-order valence-electron chi connectivity index (χ1n) is 9.12. The highest BCUT2D eigenvalue weighted by Crippen LogP contribution is 2.25. The van der Waals surface area contributed by atoms with Crippen LogP contribution in [-0.2, 0) is 11.2 Å². The zero-order valence-electron chi connectivity index (χ0n) is 16.2. The van der Waals surface area contributed by atoms with Crippen molar-refractivity contribution >= 4 is 17.7 Å². The molecule has 5 nitrogen and oxygen atoms in total. The quantitative estimate of drug-likeness (QED) is 0.356. The molecule has 30 heavy (non-hydrogen) atoms. The van der Waals surface area contributed by atoms with Gasteiger partial charge in [-0.15, -0.1) is 0 Å². The van der Waals surface area contributed by atoms with Crippen molar-refractivity contribution in [1.29, 1.82) is 5.26 Å². The maximum atomic E-state index is 14.0. The third kappa shape index (κ3) is 5.03. The predicted octanol–water partition coefficient (Wildman–Crippen LogP) is 4.68.